The second kappa shape index (κ2) is 100. The zero-order valence-electron chi connectivity index (χ0n) is 3.68. The van der Waals surface area contributed by atoms with Crippen LogP contribution in [0, 0.1) is 0 Å². The summed E-state index contributed by atoms with van der Waals surface area (Å²) in [7, 11) is 0. The summed E-state index contributed by atoms with van der Waals surface area (Å²) in [6.45, 7) is 0. The predicted octanol–water partition coefficient (Wildman–Crippen LogP) is 2.28. The van der Waals surface area contributed by atoms with E-state index in [4.69, 9.17) is 0 Å². The minimum absolute atomic E-state index is 0. The molecule has 0 amide bonds. The van der Waals surface area contributed by atoms with Gasteiger partial charge in [0.05, 0.1) is 0 Å². The fourth-order valence-corrected chi connectivity index (χ4v) is 0. The first-order chi connectivity index (χ1) is 3.00. The van der Waals surface area contributed by atoms with Gasteiger partial charge < -0.3 is 0 Å². The van der Waals surface area contributed by atoms with Gasteiger partial charge in [-0.1, -0.05) is 0 Å². The summed E-state index contributed by atoms with van der Waals surface area (Å²) in [5.74, 6) is 0. The van der Waals surface area contributed by atoms with Gasteiger partial charge in [0.2, 0.25) is 0 Å². The van der Waals surface area contributed by atoms with E-state index in [1.165, 1.54) is 0 Å². The maximum atomic E-state index is 3.22. The van der Waals surface area contributed by atoms with Crippen LogP contribution in [0.5, 0.6) is 0 Å². The van der Waals surface area contributed by atoms with Gasteiger partial charge in [-0.2, -0.15) is 0 Å². The molecule has 0 spiro atoms. The van der Waals surface area contributed by atoms with E-state index in [1.807, 2.05) is 0 Å². The van der Waals surface area contributed by atoms with Gasteiger partial charge in [0, 0.05) is 50.3 Å². The number of hydrogen-bond acceptors (Lipinski definition) is 6. The molecular weight excluding hydrogens is 369 g/mol. The number of rotatable bonds is 0. The molecule has 0 unspecified atom stereocenters. The van der Waals surface area contributed by atoms with Crippen LogP contribution in [-0.2, 0) is 50.3 Å². The van der Waals surface area contributed by atoms with E-state index in [1.54, 1.807) is 0 Å². The van der Waals surface area contributed by atoms with E-state index in [-0.39, 0.29) is 50.3 Å². The Morgan fingerprint density at radius 2 is 0.333 bits per heavy atom. The molecule has 0 bridgehead atoms. The van der Waals surface area contributed by atoms with Gasteiger partial charge in [0.1, 0.15) is 0 Å². The van der Waals surface area contributed by atoms with Crippen molar-refractivity contribution in [1.82, 2.24) is 0 Å². The first kappa shape index (κ1) is 38.9. The van der Waals surface area contributed by atoms with Crippen molar-refractivity contribution in [3.8, 4) is 0 Å². The Labute approximate surface area is 118 Å². The Balaban J connectivity index is -0.00000000321. The third-order valence-corrected chi connectivity index (χ3v) is 0. The molecule has 0 aromatic heterocycles. The number of thiol groups is 6. The van der Waals surface area contributed by atoms with E-state index < -0.39 is 0 Å². The third kappa shape index (κ3) is 82.1. The van der Waals surface area contributed by atoms with Gasteiger partial charge in [0.25, 0.3) is 0 Å². The fourth-order valence-electron chi connectivity index (χ4n) is 0. The Kier molecular flexibility index (Phi) is 432. The third-order valence-electron chi connectivity index (χ3n) is 0. The maximum Gasteiger partial charge on any atom is 0 e. The zero-order chi connectivity index (χ0) is 6.00. The van der Waals surface area contributed by atoms with E-state index in [0.29, 0.717) is 0 Å². The standard InChI is InChI=1S/3Co.3H2S2/c;;;3*1-2/h;;;3*1-2H. The molecule has 0 aliphatic heterocycles. The van der Waals surface area contributed by atoms with E-state index >= 15 is 0 Å². The van der Waals surface area contributed by atoms with Crippen LogP contribution < -0.4 is 0 Å². The van der Waals surface area contributed by atoms with Crippen LogP contribution in [0.1, 0.15) is 0 Å². The second-order valence-electron chi connectivity index (χ2n) is 0. The Hall–Kier alpha value is 3.62. The van der Waals surface area contributed by atoms with Crippen molar-refractivity contribution in [2.75, 3.05) is 0 Å². The van der Waals surface area contributed by atoms with Crippen molar-refractivity contribution in [3.63, 3.8) is 0 Å². The molecule has 0 aliphatic rings. The van der Waals surface area contributed by atoms with Crippen LogP contribution in [-0.4, -0.2) is 0 Å². The molecule has 0 aliphatic carbocycles. The van der Waals surface area contributed by atoms with Crippen molar-refractivity contribution in [2.24, 2.45) is 0 Å². The average molecular weight is 375 g/mol. The molecule has 0 nitrogen and oxygen atoms in total. The molecule has 0 heterocycles. The summed E-state index contributed by atoms with van der Waals surface area (Å²) in [4.78, 5) is 0. The first-order valence-electron chi connectivity index (χ1n) is 0.600. The molecule has 0 aromatic carbocycles. The monoisotopic (exact) mass is 375 g/mol. The van der Waals surface area contributed by atoms with Gasteiger partial charge in [0.15, 0.2) is 0 Å². The van der Waals surface area contributed by atoms with Crippen molar-refractivity contribution in [3.05, 3.63) is 0 Å². The van der Waals surface area contributed by atoms with Crippen LogP contribution >= 0.6 is 70.0 Å². The van der Waals surface area contributed by atoms with E-state index in [9.17, 15) is 0 Å². The molecular formula is H6Co3S6. The Morgan fingerprint density at radius 3 is 0.333 bits per heavy atom. The molecule has 69 valence electrons. The molecule has 0 fully saturated rings. The van der Waals surface area contributed by atoms with Crippen LogP contribution in [0.2, 0.25) is 0 Å². The summed E-state index contributed by atoms with van der Waals surface area (Å²) in [6.07, 6.45) is 0. The minimum Gasteiger partial charge on any atom is -0.115 e. The van der Waals surface area contributed by atoms with Crippen LogP contribution in [0.3, 0.4) is 0 Å². The summed E-state index contributed by atoms with van der Waals surface area (Å²) in [5, 5.41) is 0. The number of hydrogen-bond donors (Lipinski definition) is 6. The molecule has 9 heteroatoms. The Bertz CT molecular complexity index is 8.26. The molecule has 0 rings (SSSR count). The van der Waals surface area contributed by atoms with Crippen molar-refractivity contribution < 1.29 is 50.3 Å². The Morgan fingerprint density at radius 1 is 0.333 bits per heavy atom. The topological polar surface area (TPSA) is 0 Å². The molecule has 0 saturated carbocycles. The quantitative estimate of drug-likeness (QED) is 0.272. The van der Waals surface area contributed by atoms with Crippen LogP contribution in [0.4, 0.5) is 0 Å². The predicted molar refractivity (Wildman–Crippen MR) is 53.9 cm³/mol. The smallest absolute Gasteiger partial charge is 0 e. The normalized spacial score (nSPS) is 2.00. The van der Waals surface area contributed by atoms with Gasteiger partial charge in [-0.25, -0.2) is 0 Å². The SMILES string of the molecule is SS.SS.SS.[Co].[Co].[Co]. The van der Waals surface area contributed by atoms with Gasteiger partial charge in [-0.15, -0.1) is 70.0 Å². The summed E-state index contributed by atoms with van der Waals surface area (Å²) in [6, 6.07) is 0. The molecule has 3 radical (unpaired) electrons. The van der Waals surface area contributed by atoms with Crippen molar-refractivity contribution in [2.45, 2.75) is 0 Å². The second-order valence-corrected chi connectivity index (χ2v) is 0. The van der Waals surface area contributed by atoms with E-state index in [0.717, 1.165) is 0 Å². The van der Waals surface area contributed by atoms with Gasteiger partial charge in [-0.05, 0) is 0 Å². The summed E-state index contributed by atoms with van der Waals surface area (Å²) < 4.78 is 0. The average Bonchev–Trinajstić information content (AvgIpc) is 1.81. The largest absolute Gasteiger partial charge is 0.115 e. The summed E-state index contributed by atoms with van der Waals surface area (Å²) >= 11 is 19.3. The van der Waals surface area contributed by atoms with Gasteiger partial charge in [-0.3, -0.25) is 0 Å². The molecule has 0 N–H and O–H groups in total. The molecule has 9 heavy (non-hydrogen) atoms. The maximum absolute atomic E-state index is 3.22. The summed E-state index contributed by atoms with van der Waals surface area (Å²) in [5.41, 5.74) is 0. The zero-order valence-corrected chi connectivity index (χ0v) is 12.2. The molecule has 0 saturated heterocycles. The molecule has 0 atom stereocenters. The van der Waals surface area contributed by atoms with Crippen molar-refractivity contribution >= 4 is 70.0 Å². The van der Waals surface area contributed by atoms with Crippen molar-refractivity contribution in [1.29, 1.82) is 0 Å². The van der Waals surface area contributed by atoms with Crippen LogP contribution in [0.15, 0.2) is 0 Å². The van der Waals surface area contributed by atoms with Gasteiger partial charge >= 0.3 is 0 Å². The first-order valence-corrected chi connectivity index (χ1v) is 5.40. The fraction of sp³-hybridized carbons (Fsp3) is 0. The van der Waals surface area contributed by atoms with Crippen LogP contribution in [0.25, 0.3) is 0 Å². The minimum atomic E-state index is 0. The molecule has 0 aromatic rings. The van der Waals surface area contributed by atoms with E-state index in [2.05, 4.69) is 70.0 Å².